The molecule has 1 fully saturated rings. The van der Waals surface area contributed by atoms with Gasteiger partial charge < -0.3 is 15.0 Å². The fourth-order valence-corrected chi connectivity index (χ4v) is 4.34. The maximum Gasteiger partial charge on any atom is 0.263 e. The topological polar surface area (TPSA) is 79.0 Å². The molecule has 7 heteroatoms. The van der Waals surface area contributed by atoms with Crippen molar-refractivity contribution in [3.63, 3.8) is 0 Å². The number of rotatable bonds is 6. The predicted octanol–water partition coefficient (Wildman–Crippen LogP) is 2.84. The monoisotopic (exact) mass is 421 g/mol. The molecule has 162 valence electrons. The predicted molar refractivity (Wildman–Crippen MR) is 117 cm³/mol. The highest BCUT2D eigenvalue weighted by molar-refractivity contribution is 6.23. The van der Waals surface area contributed by atoms with Gasteiger partial charge in [0.1, 0.15) is 5.75 Å². The van der Waals surface area contributed by atoms with Crippen LogP contribution in [0.3, 0.4) is 0 Å². The van der Waals surface area contributed by atoms with Crippen molar-refractivity contribution < 1.29 is 19.1 Å². The van der Waals surface area contributed by atoms with Crippen LogP contribution in [0.1, 0.15) is 46.0 Å². The van der Waals surface area contributed by atoms with Gasteiger partial charge in [0.15, 0.2) is 0 Å². The van der Waals surface area contributed by atoms with Gasteiger partial charge in [0.25, 0.3) is 11.8 Å². The third-order valence-corrected chi connectivity index (χ3v) is 6.03. The van der Waals surface area contributed by atoms with Crippen molar-refractivity contribution in [2.75, 3.05) is 31.6 Å². The van der Waals surface area contributed by atoms with Crippen molar-refractivity contribution in [2.24, 2.45) is 5.92 Å². The number of hydrogen-bond donors (Lipinski definition) is 1. The zero-order valence-electron chi connectivity index (χ0n) is 17.9. The molecular weight excluding hydrogens is 394 g/mol. The summed E-state index contributed by atoms with van der Waals surface area (Å²) in [6, 6.07) is 12.8. The Labute approximate surface area is 182 Å². The number of anilines is 1. The van der Waals surface area contributed by atoms with Gasteiger partial charge >= 0.3 is 0 Å². The second kappa shape index (κ2) is 8.79. The number of imide groups is 1. The van der Waals surface area contributed by atoms with E-state index in [-0.39, 0.29) is 30.2 Å². The van der Waals surface area contributed by atoms with E-state index in [1.165, 1.54) is 4.90 Å². The summed E-state index contributed by atoms with van der Waals surface area (Å²) in [5.74, 6) is 0.283. The van der Waals surface area contributed by atoms with Gasteiger partial charge in [-0.2, -0.15) is 0 Å². The van der Waals surface area contributed by atoms with E-state index in [1.54, 1.807) is 13.2 Å². The van der Waals surface area contributed by atoms with Gasteiger partial charge in [-0.1, -0.05) is 18.2 Å². The minimum Gasteiger partial charge on any atom is -0.497 e. The van der Waals surface area contributed by atoms with Gasteiger partial charge in [0, 0.05) is 25.6 Å². The molecule has 0 spiro atoms. The highest BCUT2D eigenvalue weighted by Gasteiger charge is 2.39. The number of ether oxygens (including phenoxy) is 1. The lowest BCUT2D eigenvalue weighted by Gasteiger charge is -2.33. The maximum absolute atomic E-state index is 13.2. The van der Waals surface area contributed by atoms with E-state index in [2.05, 4.69) is 10.2 Å². The van der Waals surface area contributed by atoms with E-state index in [0.717, 1.165) is 29.8 Å². The molecule has 7 nitrogen and oxygen atoms in total. The van der Waals surface area contributed by atoms with Gasteiger partial charge in [-0.15, -0.1) is 0 Å². The number of nitrogens with zero attached hydrogens (tertiary/aromatic N) is 2. The number of carbonyl (C=O) groups excluding carboxylic acids is 3. The van der Waals surface area contributed by atoms with Gasteiger partial charge in [-0.3, -0.25) is 19.3 Å². The molecule has 1 N–H and O–H groups in total. The third kappa shape index (κ3) is 4.00. The summed E-state index contributed by atoms with van der Waals surface area (Å²) in [6.07, 6.45) is 1.46. The molecular formula is C24H27N3O4. The smallest absolute Gasteiger partial charge is 0.263 e. The molecule has 2 aromatic carbocycles. The average Bonchev–Trinajstić information content (AvgIpc) is 3.05. The van der Waals surface area contributed by atoms with E-state index in [0.29, 0.717) is 30.8 Å². The lowest BCUT2D eigenvalue weighted by atomic mass is 9.94. The first-order valence-corrected chi connectivity index (χ1v) is 10.7. The quantitative estimate of drug-likeness (QED) is 0.726. The third-order valence-electron chi connectivity index (χ3n) is 6.03. The molecule has 0 radical (unpaired) electrons. The number of methoxy groups -OCH3 is 1. The minimum absolute atomic E-state index is 0.00290. The van der Waals surface area contributed by atoms with Crippen LogP contribution >= 0.6 is 0 Å². The summed E-state index contributed by atoms with van der Waals surface area (Å²) < 4.78 is 5.17. The van der Waals surface area contributed by atoms with Crippen LogP contribution in [0, 0.1) is 5.92 Å². The molecule has 0 saturated carbocycles. The van der Waals surface area contributed by atoms with Crippen LogP contribution in [0.15, 0.2) is 42.5 Å². The highest BCUT2D eigenvalue weighted by atomic mass is 16.5. The van der Waals surface area contributed by atoms with Crippen molar-refractivity contribution in [3.05, 3.63) is 59.2 Å². The summed E-state index contributed by atoms with van der Waals surface area (Å²) in [5, 5.41) is 2.89. The average molecular weight is 421 g/mol. The Balaban J connectivity index is 1.52. The van der Waals surface area contributed by atoms with Crippen molar-refractivity contribution >= 4 is 23.4 Å². The molecule has 2 aromatic rings. The first-order valence-electron chi connectivity index (χ1n) is 10.7. The van der Waals surface area contributed by atoms with Crippen molar-refractivity contribution in [2.45, 2.75) is 26.3 Å². The Kier molecular flexibility index (Phi) is 5.93. The normalized spacial score (nSPS) is 16.5. The first kappa shape index (κ1) is 20.9. The molecule has 0 aliphatic carbocycles. The fraction of sp³-hybridized carbons (Fsp3) is 0.375. The summed E-state index contributed by atoms with van der Waals surface area (Å²) in [6.45, 7) is 4.12. The number of piperidine rings is 1. The molecule has 2 aliphatic rings. The summed E-state index contributed by atoms with van der Waals surface area (Å²) in [5.41, 5.74) is 2.56. The molecule has 1 saturated heterocycles. The van der Waals surface area contributed by atoms with Crippen molar-refractivity contribution in [3.8, 4) is 5.75 Å². The van der Waals surface area contributed by atoms with Gasteiger partial charge in [0.2, 0.25) is 5.91 Å². The minimum atomic E-state index is -0.269. The number of amides is 3. The van der Waals surface area contributed by atoms with E-state index in [1.807, 2.05) is 43.3 Å². The lowest BCUT2D eigenvalue weighted by molar-refractivity contribution is -0.125. The van der Waals surface area contributed by atoms with Crippen LogP contribution in [0.25, 0.3) is 0 Å². The number of carbonyl (C=O) groups is 3. The molecule has 0 bridgehead atoms. The zero-order chi connectivity index (χ0) is 22.0. The molecule has 4 rings (SSSR count). The van der Waals surface area contributed by atoms with Crippen LogP contribution in [-0.2, 0) is 11.3 Å². The van der Waals surface area contributed by atoms with E-state index in [9.17, 15) is 14.4 Å². The Morgan fingerprint density at radius 3 is 2.42 bits per heavy atom. The van der Waals surface area contributed by atoms with E-state index < -0.39 is 0 Å². The second-order valence-corrected chi connectivity index (χ2v) is 7.90. The van der Waals surface area contributed by atoms with Crippen LogP contribution in [0.2, 0.25) is 0 Å². The Morgan fingerprint density at radius 1 is 1.06 bits per heavy atom. The summed E-state index contributed by atoms with van der Waals surface area (Å²) in [7, 11) is 1.60. The highest BCUT2D eigenvalue weighted by Crippen LogP contribution is 2.34. The Bertz CT molecular complexity index is 994. The number of fused-ring (bicyclic) bond motifs is 1. The molecule has 0 aromatic heterocycles. The van der Waals surface area contributed by atoms with Crippen LogP contribution in [0.5, 0.6) is 5.75 Å². The molecule has 0 unspecified atom stereocenters. The van der Waals surface area contributed by atoms with E-state index in [4.69, 9.17) is 4.74 Å². The molecule has 0 atom stereocenters. The van der Waals surface area contributed by atoms with Gasteiger partial charge in [-0.05, 0) is 49.6 Å². The number of hydrogen-bond acceptors (Lipinski definition) is 5. The molecule has 3 amide bonds. The van der Waals surface area contributed by atoms with Crippen LogP contribution in [0.4, 0.5) is 5.69 Å². The molecule has 2 aliphatic heterocycles. The maximum atomic E-state index is 13.2. The van der Waals surface area contributed by atoms with Gasteiger partial charge in [0.05, 0.1) is 30.5 Å². The van der Waals surface area contributed by atoms with Crippen LogP contribution < -0.4 is 15.0 Å². The van der Waals surface area contributed by atoms with Gasteiger partial charge in [-0.25, -0.2) is 0 Å². The summed E-state index contributed by atoms with van der Waals surface area (Å²) >= 11 is 0. The molecule has 2 heterocycles. The zero-order valence-corrected chi connectivity index (χ0v) is 17.9. The van der Waals surface area contributed by atoms with E-state index >= 15 is 0 Å². The fourth-order valence-electron chi connectivity index (χ4n) is 4.34. The second-order valence-electron chi connectivity index (χ2n) is 7.90. The summed E-state index contributed by atoms with van der Waals surface area (Å²) in [4.78, 5) is 41.8. The Hall–Kier alpha value is -3.35. The van der Waals surface area contributed by atoms with Crippen molar-refractivity contribution in [1.82, 2.24) is 10.2 Å². The Morgan fingerprint density at radius 2 is 1.77 bits per heavy atom. The SMILES string of the molecule is CCNC(=O)C1CCN(c2cccc3c2C(=O)N(Cc2ccc(OC)cc2)C3=O)CC1. The van der Waals surface area contributed by atoms with Crippen molar-refractivity contribution in [1.29, 1.82) is 0 Å². The first-order chi connectivity index (χ1) is 15.0. The molecule has 31 heavy (non-hydrogen) atoms. The lowest BCUT2D eigenvalue weighted by Crippen LogP contribution is -2.41. The number of benzene rings is 2. The standard InChI is InChI=1S/C24H27N3O4/c1-3-25-22(28)17-11-13-26(14-12-17)20-6-4-5-19-21(20)24(30)27(23(19)29)15-16-7-9-18(31-2)10-8-16/h4-10,17H,3,11-15H2,1-2H3,(H,25,28). The van der Waals surface area contributed by atoms with Crippen LogP contribution in [-0.4, -0.2) is 49.4 Å². The number of nitrogens with one attached hydrogen (secondary N) is 1. The largest absolute Gasteiger partial charge is 0.497 e.